The smallest absolute Gasteiger partial charge is 0.252 e. The van der Waals surface area contributed by atoms with Gasteiger partial charge in [0.05, 0.1) is 14.6 Å². The summed E-state index contributed by atoms with van der Waals surface area (Å²) in [5.74, 6) is 0.766. The number of amides is 1. The number of thiazole rings is 1. The predicted molar refractivity (Wildman–Crippen MR) is 128 cm³/mol. The molecule has 2 aliphatic rings. The second kappa shape index (κ2) is 8.88. The molecule has 1 fully saturated rings. The minimum absolute atomic E-state index is 0.192. The summed E-state index contributed by atoms with van der Waals surface area (Å²) >= 11 is 8.34. The zero-order chi connectivity index (χ0) is 23.2. The van der Waals surface area contributed by atoms with Gasteiger partial charge in [-0.25, -0.2) is 8.42 Å². The summed E-state index contributed by atoms with van der Waals surface area (Å²) in [5.41, 5.74) is 0.895. The molecule has 4 heterocycles. The van der Waals surface area contributed by atoms with Gasteiger partial charge in [0.25, 0.3) is 15.9 Å². The number of ether oxygens (including phenoxy) is 2. The average Bonchev–Trinajstić information content (AvgIpc) is 3.52. The second-order valence-corrected chi connectivity index (χ2v) is 12.5. The van der Waals surface area contributed by atoms with Crippen molar-refractivity contribution in [3.63, 3.8) is 0 Å². The number of nitrogens with zero attached hydrogens (tertiary/aromatic N) is 3. The Labute approximate surface area is 203 Å². The van der Waals surface area contributed by atoms with E-state index < -0.39 is 10.0 Å². The summed E-state index contributed by atoms with van der Waals surface area (Å²) < 4.78 is 41.5. The molecule has 8 nitrogen and oxygen atoms in total. The zero-order valence-electron chi connectivity index (χ0n) is 17.4. The predicted octanol–water partition coefficient (Wildman–Crippen LogP) is 3.86. The summed E-state index contributed by atoms with van der Waals surface area (Å²) in [6.07, 6.45) is 2.59. The number of thiophene rings is 1. The fourth-order valence-electron chi connectivity index (χ4n) is 3.94. The van der Waals surface area contributed by atoms with Crippen molar-refractivity contribution in [2.45, 2.75) is 23.6 Å². The van der Waals surface area contributed by atoms with Crippen molar-refractivity contribution in [3.8, 4) is 11.5 Å². The standard InChI is InChI=1S/C21H20ClN3O5S3/c1-2-7-25-14-10-15-16(30-12-29-15)11-17(14)31-21(25)23-20(26)13-5-8-24(9-6-13)33(27,28)19-4-3-18(22)32-19/h2-4,10-11,13H,1,5-9,12H2. The summed E-state index contributed by atoms with van der Waals surface area (Å²) in [4.78, 5) is 18.0. The molecule has 0 bridgehead atoms. The molecule has 0 unspecified atom stereocenters. The molecule has 0 N–H and O–H groups in total. The molecule has 33 heavy (non-hydrogen) atoms. The van der Waals surface area contributed by atoms with Crippen LogP contribution >= 0.6 is 34.3 Å². The highest BCUT2D eigenvalue weighted by Gasteiger charge is 2.33. The molecule has 5 rings (SSSR count). The van der Waals surface area contributed by atoms with Gasteiger partial charge in [0, 0.05) is 37.7 Å². The second-order valence-electron chi connectivity index (χ2n) is 7.64. The quantitative estimate of drug-likeness (QED) is 0.472. The van der Waals surface area contributed by atoms with E-state index in [0.29, 0.717) is 40.0 Å². The first kappa shape index (κ1) is 22.6. The van der Waals surface area contributed by atoms with Crippen molar-refractivity contribution < 1.29 is 22.7 Å². The normalized spacial score (nSPS) is 17.7. The summed E-state index contributed by atoms with van der Waals surface area (Å²) in [6.45, 7) is 5.03. The molecule has 0 aliphatic carbocycles. The number of sulfonamides is 1. The molecule has 1 saturated heterocycles. The largest absolute Gasteiger partial charge is 0.454 e. The number of allylic oxidation sites excluding steroid dienone is 1. The van der Waals surface area contributed by atoms with Gasteiger partial charge in [0.15, 0.2) is 16.3 Å². The number of carbonyl (C=O) groups excluding carboxylic acids is 1. The van der Waals surface area contributed by atoms with Crippen molar-refractivity contribution >= 4 is 60.4 Å². The Kier molecular flexibility index (Phi) is 6.08. The Balaban J connectivity index is 1.37. The van der Waals surface area contributed by atoms with Gasteiger partial charge >= 0.3 is 0 Å². The number of carbonyl (C=O) groups is 1. The van der Waals surface area contributed by atoms with Crippen LogP contribution in [-0.2, 0) is 21.4 Å². The number of halogens is 1. The maximum atomic E-state index is 13.0. The number of hydrogen-bond donors (Lipinski definition) is 0. The first-order chi connectivity index (χ1) is 15.9. The Bertz CT molecular complexity index is 1410. The lowest BCUT2D eigenvalue weighted by Gasteiger charge is -2.29. The van der Waals surface area contributed by atoms with E-state index in [1.807, 2.05) is 16.7 Å². The van der Waals surface area contributed by atoms with Crippen LogP contribution in [0.3, 0.4) is 0 Å². The maximum absolute atomic E-state index is 13.0. The van der Waals surface area contributed by atoms with E-state index in [4.69, 9.17) is 21.1 Å². The molecule has 0 spiro atoms. The Hall–Kier alpha value is -2.18. The third kappa shape index (κ3) is 4.24. The number of fused-ring (bicyclic) bond motifs is 2. The molecular formula is C21H20ClN3O5S3. The first-order valence-electron chi connectivity index (χ1n) is 10.2. The van der Waals surface area contributed by atoms with Gasteiger partial charge in [-0.15, -0.1) is 17.9 Å². The fourth-order valence-corrected chi connectivity index (χ4v) is 8.10. The van der Waals surface area contributed by atoms with Crippen LogP contribution in [-0.4, -0.2) is 43.1 Å². The number of rotatable bonds is 5. The highest BCUT2D eigenvalue weighted by atomic mass is 35.5. The van der Waals surface area contributed by atoms with Gasteiger partial charge in [-0.3, -0.25) is 4.79 Å². The van der Waals surface area contributed by atoms with E-state index in [1.54, 1.807) is 12.1 Å². The van der Waals surface area contributed by atoms with Crippen LogP contribution in [0.15, 0.2) is 46.1 Å². The molecule has 174 valence electrons. The molecule has 1 amide bonds. The van der Waals surface area contributed by atoms with Gasteiger partial charge in [0.2, 0.25) is 6.79 Å². The number of hydrogen-bond acceptors (Lipinski definition) is 7. The summed E-state index contributed by atoms with van der Waals surface area (Å²) in [7, 11) is -3.60. The minimum Gasteiger partial charge on any atom is -0.454 e. The van der Waals surface area contributed by atoms with Crippen LogP contribution < -0.4 is 14.3 Å². The molecule has 0 saturated carbocycles. The highest BCUT2D eigenvalue weighted by Crippen LogP contribution is 2.37. The fraction of sp³-hybridized carbons (Fsp3) is 0.333. The number of aromatic nitrogens is 1. The van der Waals surface area contributed by atoms with Gasteiger partial charge in [0.1, 0.15) is 4.21 Å². The lowest BCUT2D eigenvalue weighted by Crippen LogP contribution is -2.40. The molecule has 2 aromatic heterocycles. The molecule has 12 heteroatoms. The van der Waals surface area contributed by atoms with Gasteiger partial charge in [-0.1, -0.05) is 29.0 Å². The Morgan fingerprint density at radius 1 is 1.21 bits per heavy atom. The lowest BCUT2D eigenvalue weighted by molar-refractivity contribution is -0.122. The molecule has 0 radical (unpaired) electrons. The topological polar surface area (TPSA) is 90.2 Å². The molecule has 3 aromatic rings. The van der Waals surface area contributed by atoms with Crippen molar-refractivity contribution in [2.75, 3.05) is 19.9 Å². The van der Waals surface area contributed by atoms with Crippen LogP contribution in [0.2, 0.25) is 4.34 Å². The third-order valence-corrected chi connectivity index (χ3v) is 10.3. The molecule has 0 atom stereocenters. The summed E-state index contributed by atoms with van der Waals surface area (Å²) in [5, 5.41) is 0. The maximum Gasteiger partial charge on any atom is 0.252 e. The number of piperidine rings is 1. The van der Waals surface area contributed by atoms with Crippen LogP contribution in [0.4, 0.5) is 0 Å². The van der Waals surface area contributed by atoms with Crippen molar-refractivity contribution in [3.05, 3.63) is 46.1 Å². The summed E-state index contributed by atoms with van der Waals surface area (Å²) in [6, 6.07) is 6.87. The first-order valence-corrected chi connectivity index (χ1v) is 13.7. The van der Waals surface area contributed by atoms with E-state index in [0.717, 1.165) is 21.6 Å². The van der Waals surface area contributed by atoms with E-state index in [2.05, 4.69) is 11.6 Å². The Morgan fingerprint density at radius 3 is 2.61 bits per heavy atom. The van der Waals surface area contributed by atoms with Crippen molar-refractivity contribution in [2.24, 2.45) is 10.9 Å². The van der Waals surface area contributed by atoms with E-state index in [1.165, 1.54) is 21.7 Å². The Morgan fingerprint density at radius 2 is 1.94 bits per heavy atom. The number of benzene rings is 1. The van der Waals surface area contributed by atoms with Crippen molar-refractivity contribution in [1.29, 1.82) is 0 Å². The monoisotopic (exact) mass is 525 g/mol. The zero-order valence-corrected chi connectivity index (χ0v) is 20.6. The van der Waals surface area contributed by atoms with Crippen LogP contribution in [0, 0.1) is 5.92 Å². The van der Waals surface area contributed by atoms with E-state index in [9.17, 15) is 13.2 Å². The lowest BCUT2D eigenvalue weighted by atomic mass is 9.98. The molecule has 2 aliphatic heterocycles. The SMILES string of the molecule is C=CCn1c(=NC(=O)C2CCN(S(=O)(=O)c3ccc(Cl)s3)CC2)sc2cc3c(cc21)OCO3. The highest BCUT2D eigenvalue weighted by molar-refractivity contribution is 7.91. The molecular weight excluding hydrogens is 506 g/mol. The van der Waals surface area contributed by atoms with Crippen LogP contribution in [0.5, 0.6) is 11.5 Å². The van der Waals surface area contributed by atoms with Gasteiger partial charge in [-0.2, -0.15) is 9.30 Å². The van der Waals surface area contributed by atoms with Gasteiger partial charge < -0.3 is 14.0 Å². The van der Waals surface area contributed by atoms with Crippen LogP contribution in [0.1, 0.15) is 12.8 Å². The minimum atomic E-state index is -3.60. The van der Waals surface area contributed by atoms with Crippen LogP contribution in [0.25, 0.3) is 10.2 Å². The van der Waals surface area contributed by atoms with E-state index >= 15 is 0 Å². The van der Waals surface area contributed by atoms with Crippen molar-refractivity contribution in [1.82, 2.24) is 8.87 Å². The third-order valence-electron chi connectivity index (χ3n) is 5.64. The average molecular weight is 526 g/mol. The molecule has 1 aromatic carbocycles. The van der Waals surface area contributed by atoms with E-state index in [-0.39, 0.29) is 35.9 Å². The van der Waals surface area contributed by atoms with Gasteiger partial charge in [-0.05, 0) is 25.0 Å².